The Morgan fingerprint density at radius 3 is 2.14 bits per heavy atom. The molecule has 0 bridgehead atoms. The molecule has 0 N–H and O–H groups in total. The van der Waals surface area contributed by atoms with Gasteiger partial charge in [-0.05, 0) is 40.1 Å². The molecule has 1 aromatic heterocycles. The summed E-state index contributed by atoms with van der Waals surface area (Å²) in [6.45, 7) is 0. The number of thiophene rings is 1. The molecular formula is C12H13NS. The molecule has 2 rings (SSSR count). The van der Waals surface area contributed by atoms with E-state index in [1.54, 1.807) is 11.3 Å². The van der Waals surface area contributed by atoms with Crippen LogP contribution in [0.4, 0.5) is 5.69 Å². The molecule has 2 heteroatoms. The van der Waals surface area contributed by atoms with Gasteiger partial charge < -0.3 is 4.90 Å². The van der Waals surface area contributed by atoms with Crippen LogP contribution in [0.1, 0.15) is 0 Å². The van der Waals surface area contributed by atoms with Crippen LogP contribution in [0.25, 0.3) is 11.1 Å². The van der Waals surface area contributed by atoms with Crippen molar-refractivity contribution in [2.45, 2.75) is 0 Å². The van der Waals surface area contributed by atoms with Crippen LogP contribution in [-0.2, 0) is 0 Å². The van der Waals surface area contributed by atoms with Gasteiger partial charge in [0.05, 0.1) is 0 Å². The molecule has 0 saturated carbocycles. The Morgan fingerprint density at radius 2 is 1.64 bits per heavy atom. The molecule has 0 spiro atoms. The summed E-state index contributed by atoms with van der Waals surface area (Å²) in [5, 5.41) is 4.28. The third kappa shape index (κ3) is 1.80. The zero-order valence-electron chi connectivity index (χ0n) is 8.40. The largest absolute Gasteiger partial charge is 0.378 e. The Bertz CT molecular complexity index is 387. The Hall–Kier alpha value is -1.28. The van der Waals surface area contributed by atoms with Crippen LogP contribution in [-0.4, -0.2) is 14.1 Å². The van der Waals surface area contributed by atoms with Crippen molar-refractivity contribution in [3.05, 3.63) is 41.1 Å². The van der Waals surface area contributed by atoms with Gasteiger partial charge in [-0.2, -0.15) is 11.3 Å². The van der Waals surface area contributed by atoms with Gasteiger partial charge in [-0.25, -0.2) is 0 Å². The molecule has 0 unspecified atom stereocenters. The van der Waals surface area contributed by atoms with Gasteiger partial charge in [-0.15, -0.1) is 0 Å². The number of hydrogen-bond donors (Lipinski definition) is 0. The lowest BCUT2D eigenvalue weighted by atomic mass is 10.1. The molecule has 0 aliphatic rings. The van der Waals surface area contributed by atoms with Crippen LogP contribution in [0.5, 0.6) is 0 Å². The maximum absolute atomic E-state index is 2.17. The second-order valence-corrected chi connectivity index (χ2v) is 4.23. The fourth-order valence-corrected chi connectivity index (χ4v) is 2.05. The first-order chi connectivity index (χ1) is 6.77. The van der Waals surface area contributed by atoms with Gasteiger partial charge in [0.25, 0.3) is 0 Å². The first-order valence-corrected chi connectivity index (χ1v) is 5.51. The van der Waals surface area contributed by atoms with Crippen molar-refractivity contribution >= 4 is 17.0 Å². The molecule has 0 radical (unpaired) electrons. The predicted octanol–water partition coefficient (Wildman–Crippen LogP) is 3.48. The quantitative estimate of drug-likeness (QED) is 0.722. The standard InChI is InChI=1S/C12H13NS/c1-13(2)12-5-3-10(4-6-12)11-7-8-14-9-11/h3-9H,1-2H3. The number of rotatable bonds is 2. The summed E-state index contributed by atoms with van der Waals surface area (Å²) in [5.41, 5.74) is 3.83. The highest BCUT2D eigenvalue weighted by Gasteiger charge is 1.98. The van der Waals surface area contributed by atoms with Gasteiger partial charge in [-0.1, -0.05) is 12.1 Å². The Balaban J connectivity index is 2.31. The summed E-state index contributed by atoms with van der Waals surface area (Å²) < 4.78 is 0. The molecule has 0 aliphatic carbocycles. The fourth-order valence-electron chi connectivity index (χ4n) is 1.38. The monoisotopic (exact) mass is 203 g/mol. The van der Waals surface area contributed by atoms with E-state index < -0.39 is 0 Å². The normalized spacial score (nSPS) is 10.1. The summed E-state index contributed by atoms with van der Waals surface area (Å²) in [7, 11) is 4.11. The lowest BCUT2D eigenvalue weighted by Gasteiger charge is -2.12. The van der Waals surface area contributed by atoms with Crippen molar-refractivity contribution in [2.24, 2.45) is 0 Å². The van der Waals surface area contributed by atoms with Crippen LogP contribution in [0.15, 0.2) is 41.1 Å². The Kier molecular flexibility index (Phi) is 2.55. The third-order valence-electron chi connectivity index (χ3n) is 2.24. The molecular weight excluding hydrogens is 190 g/mol. The fraction of sp³-hybridized carbons (Fsp3) is 0.167. The molecule has 0 atom stereocenters. The highest BCUT2D eigenvalue weighted by atomic mass is 32.1. The van der Waals surface area contributed by atoms with Gasteiger partial charge in [0.15, 0.2) is 0 Å². The molecule has 1 aromatic carbocycles. The summed E-state index contributed by atoms with van der Waals surface area (Å²) >= 11 is 1.73. The second kappa shape index (κ2) is 3.84. The number of hydrogen-bond acceptors (Lipinski definition) is 2. The van der Waals surface area contributed by atoms with Gasteiger partial charge in [0, 0.05) is 19.8 Å². The Labute approximate surface area is 88.6 Å². The molecule has 1 nitrogen and oxygen atoms in total. The van der Waals surface area contributed by atoms with Crippen LogP contribution in [0, 0.1) is 0 Å². The summed E-state index contributed by atoms with van der Waals surface area (Å²) in [6, 6.07) is 10.8. The van der Waals surface area contributed by atoms with Crippen LogP contribution in [0.2, 0.25) is 0 Å². The van der Waals surface area contributed by atoms with E-state index >= 15 is 0 Å². The second-order valence-electron chi connectivity index (χ2n) is 3.45. The molecule has 0 aliphatic heterocycles. The summed E-state index contributed by atoms with van der Waals surface area (Å²) in [4.78, 5) is 2.11. The molecule has 0 fully saturated rings. The molecule has 1 heterocycles. The maximum Gasteiger partial charge on any atom is 0.0361 e. The van der Waals surface area contributed by atoms with Crippen LogP contribution < -0.4 is 4.90 Å². The average molecular weight is 203 g/mol. The highest BCUT2D eigenvalue weighted by Crippen LogP contribution is 2.24. The maximum atomic E-state index is 2.17. The lowest BCUT2D eigenvalue weighted by molar-refractivity contribution is 1.13. The van der Waals surface area contributed by atoms with E-state index in [9.17, 15) is 0 Å². The molecule has 0 saturated heterocycles. The van der Waals surface area contributed by atoms with Crippen molar-refractivity contribution in [3.63, 3.8) is 0 Å². The molecule has 2 aromatic rings. The minimum Gasteiger partial charge on any atom is -0.378 e. The van der Waals surface area contributed by atoms with E-state index in [4.69, 9.17) is 0 Å². The SMILES string of the molecule is CN(C)c1ccc(-c2ccsc2)cc1. The van der Waals surface area contributed by atoms with Gasteiger partial charge in [-0.3, -0.25) is 0 Å². The van der Waals surface area contributed by atoms with E-state index in [1.165, 1.54) is 16.8 Å². The number of nitrogens with zero attached hydrogens (tertiary/aromatic N) is 1. The molecule has 14 heavy (non-hydrogen) atoms. The number of anilines is 1. The van der Waals surface area contributed by atoms with Crippen molar-refractivity contribution in [2.75, 3.05) is 19.0 Å². The van der Waals surface area contributed by atoms with Crippen molar-refractivity contribution < 1.29 is 0 Å². The molecule has 0 amide bonds. The van der Waals surface area contributed by atoms with Gasteiger partial charge in [0.2, 0.25) is 0 Å². The van der Waals surface area contributed by atoms with Gasteiger partial charge >= 0.3 is 0 Å². The average Bonchev–Trinajstić information content (AvgIpc) is 2.71. The lowest BCUT2D eigenvalue weighted by Crippen LogP contribution is -2.07. The van der Waals surface area contributed by atoms with Crippen LogP contribution in [0.3, 0.4) is 0 Å². The topological polar surface area (TPSA) is 3.24 Å². The summed E-state index contributed by atoms with van der Waals surface area (Å²) in [6.07, 6.45) is 0. The highest BCUT2D eigenvalue weighted by molar-refractivity contribution is 7.08. The number of benzene rings is 1. The van der Waals surface area contributed by atoms with E-state index in [-0.39, 0.29) is 0 Å². The Morgan fingerprint density at radius 1 is 0.929 bits per heavy atom. The third-order valence-corrected chi connectivity index (χ3v) is 2.92. The van der Waals surface area contributed by atoms with Gasteiger partial charge in [0.1, 0.15) is 0 Å². The smallest absolute Gasteiger partial charge is 0.0361 e. The first kappa shape index (κ1) is 9.28. The van der Waals surface area contributed by atoms with Crippen molar-refractivity contribution in [1.29, 1.82) is 0 Å². The minimum atomic E-state index is 1.24. The minimum absolute atomic E-state index is 1.24. The van der Waals surface area contributed by atoms with E-state index in [0.717, 1.165) is 0 Å². The van der Waals surface area contributed by atoms with Crippen molar-refractivity contribution in [3.8, 4) is 11.1 Å². The zero-order valence-corrected chi connectivity index (χ0v) is 9.21. The first-order valence-electron chi connectivity index (χ1n) is 4.57. The van der Waals surface area contributed by atoms with E-state index in [1.807, 2.05) is 0 Å². The van der Waals surface area contributed by atoms with E-state index in [0.29, 0.717) is 0 Å². The van der Waals surface area contributed by atoms with Crippen molar-refractivity contribution in [1.82, 2.24) is 0 Å². The van der Waals surface area contributed by atoms with E-state index in [2.05, 4.69) is 60.1 Å². The molecule has 72 valence electrons. The summed E-state index contributed by atoms with van der Waals surface area (Å²) in [5.74, 6) is 0. The predicted molar refractivity (Wildman–Crippen MR) is 64.1 cm³/mol. The zero-order chi connectivity index (χ0) is 9.97. The van der Waals surface area contributed by atoms with Crippen LogP contribution >= 0.6 is 11.3 Å².